The summed E-state index contributed by atoms with van der Waals surface area (Å²) in [4.78, 5) is 16.3. The molecule has 2 aromatic rings. The first-order chi connectivity index (χ1) is 14.2. The molecule has 1 amide bonds. The van der Waals surface area contributed by atoms with Crippen LogP contribution < -0.4 is 20.7 Å². The van der Waals surface area contributed by atoms with Crippen LogP contribution in [0.15, 0.2) is 53.5 Å². The fourth-order valence-electron chi connectivity index (χ4n) is 3.58. The minimum Gasteiger partial charge on any atom is -0.497 e. The highest BCUT2D eigenvalue weighted by Gasteiger charge is 2.24. The number of hydrogen-bond acceptors (Lipinski definition) is 3. The normalized spacial score (nSPS) is 15.5. The number of fused-ring (bicyclic) bond motifs is 1. The van der Waals surface area contributed by atoms with Gasteiger partial charge in [0.25, 0.3) is 0 Å². The van der Waals surface area contributed by atoms with Crippen LogP contribution in [0.25, 0.3) is 0 Å². The van der Waals surface area contributed by atoms with Crippen LogP contribution in [-0.4, -0.2) is 39.1 Å². The molecular weight excluding hydrogens is 491 g/mol. The molecule has 0 saturated carbocycles. The van der Waals surface area contributed by atoms with Crippen molar-refractivity contribution in [1.29, 1.82) is 0 Å². The van der Waals surface area contributed by atoms with Gasteiger partial charge in [0.1, 0.15) is 5.75 Å². The third-order valence-electron chi connectivity index (χ3n) is 5.19. The van der Waals surface area contributed by atoms with Gasteiger partial charge < -0.3 is 20.7 Å². The van der Waals surface area contributed by atoms with E-state index in [4.69, 9.17) is 4.74 Å². The molecule has 3 rings (SSSR count). The molecule has 0 aromatic heterocycles. The second kappa shape index (κ2) is 12.4. The van der Waals surface area contributed by atoms with Gasteiger partial charge in [-0.15, -0.1) is 24.0 Å². The van der Waals surface area contributed by atoms with Gasteiger partial charge >= 0.3 is 0 Å². The van der Waals surface area contributed by atoms with Crippen LogP contribution >= 0.6 is 24.0 Å². The van der Waals surface area contributed by atoms with E-state index in [2.05, 4.69) is 39.1 Å². The van der Waals surface area contributed by atoms with Gasteiger partial charge in [-0.3, -0.25) is 9.79 Å². The zero-order valence-electron chi connectivity index (χ0n) is 17.6. The van der Waals surface area contributed by atoms with Gasteiger partial charge in [0.05, 0.1) is 7.11 Å². The topological polar surface area (TPSA) is 74.8 Å². The lowest BCUT2D eigenvalue weighted by Gasteiger charge is -2.26. The maximum absolute atomic E-state index is 12.0. The number of methoxy groups -OCH3 is 1. The quantitative estimate of drug-likeness (QED) is 0.213. The highest BCUT2D eigenvalue weighted by Crippen LogP contribution is 2.31. The Morgan fingerprint density at radius 2 is 1.90 bits per heavy atom. The molecule has 0 saturated heterocycles. The summed E-state index contributed by atoms with van der Waals surface area (Å²) in [5.41, 5.74) is 3.41. The summed E-state index contributed by atoms with van der Waals surface area (Å²) in [5, 5.41) is 9.67. The molecular formula is C23H31IN4O2. The summed E-state index contributed by atoms with van der Waals surface area (Å²) < 4.78 is 5.19. The van der Waals surface area contributed by atoms with Crippen LogP contribution in [0.1, 0.15) is 36.3 Å². The number of aryl methyl sites for hydroxylation is 1. The number of nitrogens with one attached hydrogen (secondary N) is 3. The summed E-state index contributed by atoms with van der Waals surface area (Å²) >= 11 is 0. The van der Waals surface area contributed by atoms with Crippen molar-refractivity contribution in [2.24, 2.45) is 4.99 Å². The lowest BCUT2D eigenvalue weighted by atomic mass is 9.90. The van der Waals surface area contributed by atoms with Gasteiger partial charge in [-0.2, -0.15) is 0 Å². The zero-order chi connectivity index (χ0) is 20.5. The van der Waals surface area contributed by atoms with Crippen molar-refractivity contribution in [3.05, 3.63) is 59.7 Å². The average molecular weight is 522 g/mol. The predicted octanol–water partition coefficient (Wildman–Crippen LogP) is 3.93. The molecule has 1 unspecified atom stereocenters. The van der Waals surface area contributed by atoms with Crippen molar-refractivity contribution in [2.75, 3.05) is 32.6 Å². The molecule has 3 N–H and O–H groups in total. The first kappa shape index (κ1) is 24.0. The van der Waals surface area contributed by atoms with Crippen molar-refractivity contribution in [1.82, 2.24) is 10.6 Å². The van der Waals surface area contributed by atoms with Crippen LogP contribution in [0.5, 0.6) is 5.75 Å². The molecule has 0 spiro atoms. The van der Waals surface area contributed by atoms with E-state index in [0.29, 0.717) is 13.0 Å². The molecule has 6 nitrogen and oxygen atoms in total. The average Bonchev–Trinajstić information content (AvgIpc) is 2.75. The molecule has 0 radical (unpaired) electrons. The van der Waals surface area contributed by atoms with Crippen molar-refractivity contribution >= 4 is 41.5 Å². The number of carbonyl (C=O) groups excluding carboxylic acids is 1. The van der Waals surface area contributed by atoms with Crippen LogP contribution in [-0.2, 0) is 11.2 Å². The summed E-state index contributed by atoms with van der Waals surface area (Å²) in [6.45, 7) is 1.54. The van der Waals surface area contributed by atoms with Crippen LogP contribution in [0.4, 0.5) is 5.69 Å². The number of benzene rings is 2. The van der Waals surface area contributed by atoms with E-state index < -0.39 is 0 Å². The Morgan fingerprint density at radius 1 is 1.13 bits per heavy atom. The molecule has 0 fully saturated rings. The number of unbranched alkanes of at least 4 members (excludes halogenated alkanes) is 1. The molecule has 2 aromatic carbocycles. The van der Waals surface area contributed by atoms with Crippen molar-refractivity contribution in [3.8, 4) is 5.75 Å². The van der Waals surface area contributed by atoms with E-state index >= 15 is 0 Å². The zero-order valence-corrected chi connectivity index (χ0v) is 19.9. The Kier molecular flexibility index (Phi) is 9.93. The standard InChI is InChI=1S/C23H30N4O2.HI/c1-24-23(25-14-6-5-7-17-10-12-19(29-2)13-11-17)26-16-18-15-22(28)27-21-9-4-3-8-20(18)21;/h3-4,8-13,18H,5-7,14-16H2,1-2H3,(H,27,28)(H2,24,25,26);1H. The fraction of sp³-hybridized carbons (Fsp3) is 0.391. The SMILES string of the molecule is CN=C(NCCCCc1ccc(OC)cc1)NCC1CC(=O)Nc2ccccc21.I. The van der Waals surface area contributed by atoms with Gasteiger partial charge in [0.15, 0.2) is 5.96 Å². The third-order valence-corrected chi connectivity index (χ3v) is 5.19. The number of aliphatic imine (C=N–C) groups is 1. The molecule has 1 atom stereocenters. The minimum atomic E-state index is 0. The molecule has 7 heteroatoms. The summed E-state index contributed by atoms with van der Waals surface area (Å²) in [5.74, 6) is 1.88. The van der Waals surface area contributed by atoms with E-state index in [1.54, 1.807) is 14.2 Å². The molecule has 0 aliphatic carbocycles. The van der Waals surface area contributed by atoms with E-state index in [0.717, 1.165) is 43.2 Å². The lowest BCUT2D eigenvalue weighted by molar-refractivity contribution is -0.116. The molecule has 1 heterocycles. The maximum atomic E-state index is 12.0. The fourth-order valence-corrected chi connectivity index (χ4v) is 3.58. The lowest BCUT2D eigenvalue weighted by Crippen LogP contribution is -2.41. The largest absolute Gasteiger partial charge is 0.497 e. The number of anilines is 1. The summed E-state index contributed by atoms with van der Waals surface area (Å²) in [6, 6.07) is 16.2. The number of carbonyl (C=O) groups is 1. The van der Waals surface area contributed by atoms with E-state index in [1.165, 1.54) is 11.1 Å². The first-order valence-corrected chi connectivity index (χ1v) is 10.2. The number of amides is 1. The summed E-state index contributed by atoms with van der Waals surface area (Å²) in [6.07, 6.45) is 3.70. The monoisotopic (exact) mass is 522 g/mol. The molecule has 162 valence electrons. The number of nitrogens with zero attached hydrogens (tertiary/aromatic N) is 1. The number of halogens is 1. The Labute approximate surface area is 195 Å². The van der Waals surface area contributed by atoms with Gasteiger partial charge in [-0.1, -0.05) is 30.3 Å². The Bertz CT molecular complexity index is 839. The predicted molar refractivity (Wildman–Crippen MR) is 133 cm³/mol. The second-order valence-corrected chi connectivity index (χ2v) is 7.22. The van der Waals surface area contributed by atoms with Gasteiger partial charge in [0, 0.05) is 38.2 Å². The van der Waals surface area contributed by atoms with E-state index in [-0.39, 0.29) is 35.8 Å². The Morgan fingerprint density at radius 3 is 2.63 bits per heavy atom. The number of rotatable bonds is 8. The van der Waals surface area contributed by atoms with E-state index in [1.807, 2.05) is 30.3 Å². The first-order valence-electron chi connectivity index (χ1n) is 10.2. The number of ether oxygens (including phenoxy) is 1. The van der Waals surface area contributed by atoms with Crippen molar-refractivity contribution < 1.29 is 9.53 Å². The van der Waals surface area contributed by atoms with Gasteiger partial charge in [-0.05, 0) is 48.6 Å². The molecule has 30 heavy (non-hydrogen) atoms. The number of hydrogen-bond donors (Lipinski definition) is 3. The van der Waals surface area contributed by atoms with Gasteiger partial charge in [-0.25, -0.2) is 0 Å². The highest BCUT2D eigenvalue weighted by atomic mass is 127. The van der Waals surface area contributed by atoms with Crippen molar-refractivity contribution in [3.63, 3.8) is 0 Å². The van der Waals surface area contributed by atoms with Crippen LogP contribution in [0, 0.1) is 0 Å². The second-order valence-electron chi connectivity index (χ2n) is 7.22. The summed E-state index contributed by atoms with van der Waals surface area (Å²) in [7, 11) is 3.46. The molecule has 0 bridgehead atoms. The third kappa shape index (κ3) is 6.90. The number of guanidine groups is 1. The smallest absolute Gasteiger partial charge is 0.225 e. The van der Waals surface area contributed by atoms with Crippen LogP contribution in [0.3, 0.4) is 0 Å². The van der Waals surface area contributed by atoms with Crippen LogP contribution in [0.2, 0.25) is 0 Å². The molecule has 1 aliphatic heterocycles. The Balaban J connectivity index is 0.00000320. The maximum Gasteiger partial charge on any atom is 0.225 e. The van der Waals surface area contributed by atoms with Gasteiger partial charge in [0.2, 0.25) is 5.91 Å². The number of para-hydroxylation sites is 1. The van der Waals surface area contributed by atoms with Crippen molar-refractivity contribution in [2.45, 2.75) is 31.6 Å². The minimum absolute atomic E-state index is 0. The highest BCUT2D eigenvalue weighted by molar-refractivity contribution is 14.0. The van der Waals surface area contributed by atoms with E-state index in [9.17, 15) is 4.79 Å². The Hall–Kier alpha value is -2.29. The molecule has 1 aliphatic rings.